The van der Waals surface area contributed by atoms with E-state index in [-0.39, 0.29) is 6.04 Å². The molecule has 0 radical (unpaired) electrons. The summed E-state index contributed by atoms with van der Waals surface area (Å²) in [6.45, 7) is 3.87. The number of H-pyrrole nitrogens is 1. The van der Waals surface area contributed by atoms with Crippen LogP contribution in [0.3, 0.4) is 0 Å². The predicted molar refractivity (Wildman–Crippen MR) is 83.7 cm³/mol. The number of hydrogen-bond acceptors (Lipinski definition) is 4. The van der Waals surface area contributed by atoms with E-state index in [1.807, 2.05) is 6.07 Å². The quantitative estimate of drug-likeness (QED) is 0.884. The minimum atomic E-state index is 0.221. The smallest absolute Gasteiger partial charge is 0.245 e. The Balaban J connectivity index is 1.88. The van der Waals surface area contributed by atoms with Crippen LogP contribution < -0.4 is 10.6 Å². The van der Waals surface area contributed by atoms with Crippen LogP contribution in [0.1, 0.15) is 18.4 Å². The van der Waals surface area contributed by atoms with Crippen molar-refractivity contribution in [2.24, 2.45) is 5.73 Å². The Morgan fingerprint density at radius 1 is 1.45 bits per heavy atom. The average molecular weight is 336 g/mol. The van der Waals surface area contributed by atoms with Gasteiger partial charge in [-0.25, -0.2) is 0 Å². The first-order chi connectivity index (χ1) is 9.63. The van der Waals surface area contributed by atoms with E-state index in [9.17, 15) is 0 Å². The van der Waals surface area contributed by atoms with Crippen molar-refractivity contribution in [1.29, 1.82) is 0 Å². The Labute approximate surface area is 126 Å². The molecule has 1 aromatic carbocycles. The van der Waals surface area contributed by atoms with Crippen LogP contribution in [0.4, 0.5) is 5.95 Å². The number of benzene rings is 1. The van der Waals surface area contributed by atoms with Crippen LogP contribution in [0.25, 0.3) is 11.4 Å². The van der Waals surface area contributed by atoms with Crippen molar-refractivity contribution in [3.8, 4) is 11.4 Å². The largest absolute Gasteiger partial charge is 0.338 e. The fourth-order valence-corrected chi connectivity index (χ4v) is 2.92. The summed E-state index contributed by atoms with van der Waals surface area (Å²) in [6, 6.07) is 6.37. The number of aryl methyl sites for hydroxylation is 1. The highest BCUT2D eigenvalue weighted by molar-refractivity contribution is 9.10. The van der Waals surface area contributed by atoms with E-state index in [1.165, 1.54) is 5.56 Å². The third-order valence-corrected chi connectivity index (χ3v) is 4.16. The van der Waals surface area contributed by atoms with Gasteiger partial charge in [0.05, 0.1) is 0 Å². The van der Waals surface area contributed by atoms with Gasteiger partial charge in [-0.2, -0.15) is 4.98 Å². The number of aromatic amines is 1. The van der Waals surface area contributed by atoms with Crippen molar-refractivity contribution in [2.75, 3.05) is 18.0 Å². The van der Waals surface area contributed by atoms with E-state index in [1.54, 1.807) is 0 Å². The summed E-state index contributed by atoms with van der Waals surface area (Å²) in [6.07, 6.45) is 2.18. The van der Waals surface area contributed by atoms with Gasteiger partial charge < -0.3 is 10.6 Å². The number of aromatic nitrogens is 3. The second-order valence-electron chi connectivity index (χ2n) is 5.29. The van der Waals surface area contributed by atoms with E-state index in [0.717, 1.165) is 47.7 Å². The first kappa shape index (κ1) is 13.6. The number of nitrogens with two attached hydrogens (primary N) is 1. The average Bonchev–Trinajstić information content (AvgIpc) is 2.91. The maximum atomic E-state index is 6.01. The second kappa shape index (κ2) is 5.54. The molecule has 0 spiro atoms. The molecule has 1 fully saturated rings. The van der Waals surface area contributed by atoms with E-state index in [0.29, 0.717) is 0 Å². The molecule has 20 heavy (non-hydrogen) atoms. The molecule has 2 heterocycles. The molecule has 1 atom stereocenters. The number of piperidine rings is 1. The molecule has 1 unspecified atom stereocenters. The van der Waals surface area contributed by atoms with E-state index < -0.39 is 0 Å². The molecule has 3 N–H and O–H groups in total. The molecule has 2 aromatic rings. The zero-order valence-corrected chi connectivity index (χ0v) is 13.0. The van der Waals surface area contributed by atoms with E-state index >= 15 is 0 Å². The van der Waals surface area contributed by atoms with Crippen molar-refractivity contribution in [3.05, 3.63) is 28.2 Å². The maximum absolute atomic E-state index is 6.01. The summed E-state index contributed by atoms with van der Waals surface area (Å²) in [5.41, 5.74) is 8.25. The van der Waals surface area contributed by atoms with Gasteiger partial charge in [0.25, 0.3) is 0 Å². The van der Waals surface area contributed by atoms with Gasteiger partial charge in [-0.1, -0.05) is 22.0 Å². The van der Waals surface area contributed by atoms with Crippen LogP contribution in [0.5, 0.6) is 0 Å². The SMILES string of the molecule is Cc1ccc(Br)cc1-c1nc(N2CCCC(N)C2)n[nH]1. The van der Waals surface area contributed by atoms with Crippen LogP contribution in [0.15, 0.2) is 22.7 Å². The molecule has 6 heteroatoms. The molecule has 0 saturated carbocycles. The maximum Gasteiger partial charge on any atom is 0.245 e. The Kier molecular flexibility index (Phi) is 3.76. The monoisotopic (exact) mass is 335 g/mol. The number of rotatable bonds is 2. The Bertz CT molecular complexity index is 609. The summed E-state index contributed by atoms with van der Waals surface area (Å²) in [4.78, 5) is 6.78. The van der Waals surface area contributed by atoms with Crippen molar-refractivity contribution in [1.82, 2.24) is 15.2 Å². The standard InChI is InChI=1S/C14H18BrN5/c1-9-4-5-10(15)7-12(9)13-17-14(19-18-13)20-6-2-3-11(16)8-20/h4-5,7,11H,2-3,6,8,16H2,1H3,(H,17,18,19). The van der Waals surface area contributed by atoms with Crippen LogP contribution in [0.2, 0.25) is 0 Å². The highest BCUT2D eigenvalue weighted by atomic mass is 79.9. The Morgan fingerprint density at radius 2 is 2.30 bits per heavy atom. The lowest BCUT2D eigenvalue weighted by Gasteiger charge is -2.29. The van der Waals surface area contributed by atoms with Crippen molar-refractivity contribution >= 4 is 21.9 Å². The molecule has 0 bridgehead atoms. The van der Waals surface area contributed by atoms with Crippen molar-refractivity contribution in [2.45, 2.75) is 25.8 Å². The van der Waals surface area contributed by atoms with Crippen LogP contribution >= 0.6 is 15.9 Å². The molecular weight excluding hydrogens is 318 g/mol. The number of nitrogens with one attached hydrogen (secondary N) is 1. The molecule has 5 nitrogen and oxygen atoms in total. The first-order valence-corrected chi connectivity index (χ1v) is 7.62. The molecule has 0 aliphatic carbocycles. The topological polar surface area (TPSA) is 70.8 Å². The molecule has 1 aromatic heterocycles. The third-order valence-electron chi connectivity index (χ3n) is 3.67. The fraction of sp³-hybridized carbons (Fsp3) is 0.429. The lowest BCUT2D eigenvalue weighted by atomic mass is 10.1. The van der Waals surface area contributed by atoms with Gasteiger partial charge in [0.2, 0.25) is 5.95 Å². The van der Waals surface area contributed by atoms with E-state index in [4.69, 9.17) is 5.73 Å². The molecule has 1 aliphatic heterocycles. The molecule has 1 aliphatic rings. The zero-order chi connectivity index (χ0) is 14.1. The molecular formula is C14H18BrN5. The van der Waals surface area contributed by atoms with E-state index in [2.05, 4.69) is 55.1 Å². The molecule has 3 rings (SSSR count). The fourth-order valence-electron chi connectivity index (χ4n) is 2.56. The number of halogens is 1. The van der Waals surface area contributed by atoms with Gasteiger partial charge in [-0.05, 0) is 37.5 Å². The van der Waals surface area contributed by atoms with Crippen LogP contribution in [-0.4, -0.2) is 34.3 Å². The summed E-state index contributed by atoms with van der Waals surface area (Å²) in [7, 11) is 0. The highest BCUT2D eigenvalue weighted by Gasteiger charge is 2.20. The number of hydrogen-bond donors (Lipinski definition) is 2. The zero-order valence-electron chi connectivity index (χ0n) is 11.4. The Hall–Kier alpha value is -1.40. The van der Waals surface area contributed by atoms with Crippen molar-refractivity contribution < 1.29 is 0 Å². The summed E-state index contributed by atoms with van der Waals surface area (Å²) < 4.78 is 1.04. The lowest BCUT2D eigenvalue weighted by molar-refractivity contribution is 0.500. The third kappa shape index (κ3) is 2.71. The van der Waals surface area contributed by atoms with Gasteiger partial charge in [0, 0.05) is 29.2 Å². The normalized spacial score (nSPS) is 19.4. The first-order valence-electron chi connectivity index (χ1n) is 6.83. The van der Waals surface area contributed by atoms with Crippen LogP contribution in [-0.2, 0) is 0 Å². The predicted octanol–water partition coefficient (Wildman–Crippen LogP) is 2.47. The van der Waals surface area contributed by atoms with Gasteiger partial charge in [0.1, 0.15) is 0 Å². The lowest BCUT2D eigenvalue weighted by Crippen LogP contribution is -2.43. The van der Waals surface area contributed by atoms with Gasteiger partial charge in [-0.3, -0.25) is 5.10 Å². The molecule has 1 saturated heterocycles. The molecule has 0 amide bonds. The minimum absolute atomic E-state index is 0.221. The van der Waals surface area contributed by atoms with Gasteiger partial charge in [-0.15, -0.1) is 5.10 Å². The number of nitrogens with zero attached hydrogens (tertiary/aromatic N) is 3. The van der Waals surface area contributed by atoms with Crippen molar-refractivity contribution in [3.63, 3.8) is 0 Å². The Morgan fingerprint density at radius 3 is 3.10 bits per heavy atom. The van der Waals surface area contributed by atoms with Crippen LogP contribution in [0, 0.1) is 6.92 Å². The summed E-state index contributed by atoms with van der Waals surface area (Å²) in [5.74, 6) is 1.55. The summed E-state index contributed by atoms with van der Waals surface area (Å²) >= 11 is 3.50. The summed E-state index contributed by atoms with van der Waals surface area (Å²) in [5, 5.41) is 7.38. The van der Waals surface area contributed by atoms with Gasteiger partial charge in [0.15, 0.2) is 5.82 Å². The second-order valence-corrected chi connectivity index (χ2v) is 6.21. The minimum Gasteiger partial charge on any atom is -0.338 e. The number of anilines is 1. The van der Waals surface area contributed by atoms with Gasteiger partial charge >= 0.3 is 0 Å². The molecule has 106 valence electrons. The highest BCUT2D eigenvalue weighted by Crippen LogP contribution is 2.25.